The van der Waals surface area contributed by atoms with E-state index in [4.69, 9.17) is 32.7 Å². The molecule has 3 aliphatic rings. The smallest absolute Gasteiger partial charge is 0.310 e. The molecular formula is C21H16BrCl2NO4. The number of ether oxygens (including phenoxy) is 2. The molecule has 2 bridgehead atoms. The fourth-order valence-corrected chi connectivity index (χ4v) is 6.34. The number of nitrogens with one attached hydrogen (secondary N) is 1. The summed E-state index contributed by atoms with van der Waals surface area (Å²) in [5.74, 6) is 0.269. The lowest BCUT2D eigenvalue weighted by molar-refractivity contribution is -0.145. The average Bonchev–Trinajstić information content (AvgIpc) is 3.30. The van der Waals surface area contributed by atoms with E-state index in [1.165, 1.54) is 0 Å². The van der Waals surface area contributed by atoms with Crippen molar-refractivity contribution in [3.8, 4) is 11.5 Å². The van der Waals surface area contributed by atoms with Gasteiger partial charge in [0.05, 0.1) is 21.7 Å². The molecule has 2 aromatic carbocycles. The first-order valence-electron chi connectivity index (χ1n) is 9.31. The van der Waals surface area contributed by atoms with Gasteiger partial charge in [0.1, 0.15) is 17.6 Å². The number of esters is 1. The maximum atomic E-state index is 12.9. The van der Waals surface area contributed by atoms with Crippen molar-refractivity contribution < 1.29 is 19.1 Å². The molecule has 0 unspecified atom stereocenters. The highest BCUT2D eigenvalue weighted by atomic mass is 79.9. The predicted molar refractivity (Wildman–Crippen MR) is 113 cm³/mol. The van der Waals surface area contributed by atoms with Crippen LogP contribution in [-0.2, 0) is 14.3 Å². The van der Waals surface area contributed by atoms with E-state index in [0.717, 1.165) is 6.42 Å². The van der Waals surface area contributed by atoms with Gasteiger partial charge in [-0.25, -0.2) is 0 Å². The van der Waals surface area contributed by atoms with Gasteiger partial charge < -0.3 is 14.8 Å². The second kappa shape index (κ2) is 7.18. The highest BCUT2D eigenvalue weighted by molar-refractivity contribution is 9.09. The van der Waals surface area contributed by atoms with Crippen LogP contribution >= 0.6 is 39.1 Å². The van der Waals surface area contributed by atoms with Gasteiger partial charge in [-0.1, -0.05) is 39.1 Å². The van der Waals surface area contributed by atoms with Crippen LogP contribution in [0, 0.1) is 23.7 Å². The number of benzene rings is 2. The van der Waals surface area contributed by atoms with Crippen LogP contribution in [0.25, 0.3) is 0 Å². The molecule has 0 radical (unpaired) electrons. The van der Waals surface area contributed by atoms with E-state index >= 15 is 0 Å². The number of hydrogen-bond acceptors (Lipinski definition) is 4. The lowest BCUT2D eigenvalue weighted by Gasteiger charge is -2.27. The van der Waals surface area contributed by atoms with Gasteiger partial charge in [0.25, 0.3) is 0 Å². The number of halogens is 3. The maximum Gasteiger partial charge on any atom is 0.310 e. The van der Waals surface area contributed by atoms with Gasteiger partial charge in [0.2, 0.25) is 5.91 Å². The van der Waals surface area contributed by atoms with Gasteiger partial charge in [-0.3, -0.25) is 9.59 Å². The summed E-state index contributed by atoms with van der Waals surface area (Å²) in [5, 5.41) is 3.88. The van der Waals surface area contributed by atoms with Crippen LogP contribution in [-0.4, -0.2) is 22.8 Å². The molecule has 1 aliphatic heterocycles. The fourth-order valence-electron chi connectivity index (χ4n) is 4.85. The summed E-state index contributed by atoms with van der Waals surface area (Å²) in [6.45, 7) is 0. The Morgan fingerprint density at radius 1 is 1.14 bits per heavy atom. The number of amides is 1. The zero-order valence-electron chi connectivity index (χ0n) is 15.0. The second-order valence-electron chi connectivity index (χ2n) is 7.65. The van der Waals surface area contributed by atoms with Gasteiger partial charge in [-0.2, -0.15) is 0 Å². The van der Waals surface area contributed by atoms with Crippen molar-refractivity contribution in [1.29, 1.82) is 0 Å². The Bertz CT molecular complexity index is 999. The Morgan fingerprint density at radius 3 is 2.62 bits per heavy atom. The first kappa shape index (κ1) is 19.2. The third kappa shape index (κ3) is 3.22. The molecule has 150 valence electrons. The molecule has 1 heterocycles. The van der Waals surface area contributed by atoms with Crippen LogP contribution in [0.2, 0.25) is 10.0 Å². The van der Waals surface area contributed by atoms with Crippen molar-refractivity contribution in [3.63, 3.8) is 0 Å². The molecule has 1 N–H and O–H groups in total. The minimum absolute atomic E-state index is 0.0471. The number of anilines is 1. The zero-order valence-corrected chi connectivity index (χ0v) is 18.1. The molecular weight excluding hydrogens is 481 g/mol. The Labute approximate surface area is 185 Å². The van der Waals surface area contributed by atoms with Gasteiger partial charge in [-0.15, -0.1) is 0 Å². The molecule has 8 heteroatoms. The fraction of sp³-hybridized carbons (Fsp3) is 0.333. The summed E-state index contributed by atoms with van der Waals surface area (Å²) in [5.41, 5.74) is 0.640. The van der Waals surface area contributed by atoms with Crippen LogP contribution in [0.5, 0.6) is 11.5 Å². The van der Waals surface area contributed by atoms with Crippen molar-refractivity contribution in [3.05, 3.63) is 52.5 Å². The molecule has 5 nitrogen and oxygen atoms in total. The molecule has 5 rings (SSSR count). The Kier molecular flexibility index (Phi) is 4.76. The van der Waals surface area contributed by atoms with Gasteiger partial charge in [0.15, 0.2) is 0 Å². The lowest BCUT2D eigenvalue weighted by Crippen LogP contribution is -2.40. The summed E-state index contributed by atoms with van der Waals surface area (Å²) < 4.78 is 11.2. The third-order valence-electron chi connectivity index (χ3n) is 6.07. The monoisotopic (exact) mass is 495 g/mol. The third-order valence-corrected chi connectivity index (χ3v) is 7.80. The minimum atomic E-state index is -0.362. The molecule has 1 amide bonds. The van der Waals surface area contributed by atoms with E-state index < -0.39 is 0 Å². The number of carbonyl (C=O) groups is 2. The van der Waals surface area contributed by atoms with Crippen molar-refractivity contribution in [1.82, 2.24) is 0 Å². The molecule has 1 saturated heterocycles. The molecule has 29 heavy (non-hydrogen) atoms. The molecule has 6 atom stereocenters. The lowest BCUT2D eigenvalue weighted by atomic mass is 9.79. The summed E-state index contributed by atoms with van der Waals surface area (Å²) in [4.78, 5) is 25.2. The molecule has 0 spiro atoms. The highest BCUT2D eigenvalue weighted by Gasteiger charge is 2.67. The molecule has 2 aromatic rings. The van der Waals surface area contributed by atoms with Crippen molar-refractivity contribution in [2.24, 2.45) is 23.7 Å². The predicted octanol–water partition coefficient (Wildman–Crippen LogP) is 5.30. The molecule has 3 fully saturated rings. The number of alkyl halides is 1. The van der Waals surface area contributed by atoms with E-state index in [9.17, 15) is 9.59 Å². The normalized spacial score (nSPS) is 31.6. The zero-order chi connectivity index (χ0) is 20.3. The van der Waals surface area contributed by atoms with Crippen LogP contribution < -0.4 is 10.1 Å². The minimum Gasteiger partial charge on any atom is -0.461 e. The quantitative estimate of drug-likeness (QED) is 0.461. The Morgan fingerprint density at radius 2 is 1.90 bits per heavy atom. The van der Waals surface area contributed by atoms with Gasteiger partial charge in [0, 0.05) is 16.6 Å². The Hall–Kier alpha value is -1.76. The largest absolute Gasteiger partial charge is 0.461 e. The highest BCUT2D eigenvalue weighted by Crippen LogP contribution is 2.60. The van der Waals surface area contributed by atoms with Crippen LogP contribution in [0.4, 0.5) is 5.69 Å². The molecule has 2 saturated carbocycles. The van der Waals surface area contributed by atoms with E-state index in [1.807, 2.05) is 0 Å². The average molecular weight is 497 g/mol. The standard InChI is InChI=1S/C21H16BrCl2NO4/c22-18-12-8-13-17(21(27)29-19(13)18)16(12)20(26)25-10-2-4-11(5-3-10)28-15-6-1-9(23)7-14(15)24/h1-7,12-13,16-19H,8H2,(H,25,26)/t12-,13-,16-,17+,18+,19+/m1/s1. The topological polar surface area (TPSA) is 64.6 Å². The van der Waals surface area contributed by atoms with Gasteiger partial charge >= 0.3 is 5.97 Å². The SMILES string of the molecule is O=C(Nc1ccc(Oc2ccc(Cl)cc2Cl)cc1)[C@@H]1[C@H]2C[C@H]3[C@H](OC(=O)[C@@H]31)[C@H]2Br. The molecule has 0 aromatic heterocycles. The summed E-state index contributed by atoms with van der Waals surface area (Å²) in [6, 6.07) is 12.0. The number of fused-ring (bicyclic) bond motifs is 1. The van der Waals surface area contributed by atoms with Crippen molar-refractivity contribution >= 4 is 56.7 Å². The van der Waals surface area contributed by atoms with Crippen LogP contribution in [0.3, 0.4) is 0 Å². The number of carbonyl (C=O) groups excluding carboxylic acids is 2. The van der Waals surface area contributed by atoms with Crippen molar-refractivity contribution in [2.75, 3.05) is 5.32 Å². The molecule has 2 aliphatic carbocycles. The van der Waals surface area contributed by atoms with E-state index in [-0.39, 0.29) is 46.5 Å². The van der Waals surface area contributed by atoms with Crippen LogP contribution in [0.1, 0.15) is 6.42 Å². The number of hydrogen-bond donors (Lipinski definition) is 1. The Balaban J connectivity index is 1.28. The summed E-state index contributed by atoms with van der Waals surface area (Å²) >= 11 is 15.7. The summed E-state index contributed by atoms with van der Waals surface area (Å²) in [7, 11) is 0. The maximum absolute atomic E-state index is 12.9. The van der Waals surface area contributed by atoms with E-state index in [1.54, 1.807) is 42.5 Å². The summed E-state index contributed by atoms with van der Waals surface area (Å²) in [6.07, 6.45) is 0.765. The second-order valence-corrected chi connectivity index (χ2v) is 9.55. The van der Waals surface area contributed by atoms with Gasteiger partial charge in [-0.05, 0) is 54.8 Å². The van der Waals surface area contributed by atoms with Crippen molar-refractivity contribution in [2.45, 2.75) is 17.4 Å². The first-order valence-corrected chi connectivity index (χ1v) is 11.0. The van der Waals surface area contributed by atoms with E-state index in [0.29, 0.717) is 27.2 Å². The van der Waals surface area contributed by atoms with Crippen LogP contribution in [0.15, 0.2) is 42.5 Å². The number of rotatable bonds is 4. The van der Waals surface area contributed by atoms with E-state index in [2.05, 4.69) is 21.2 Å². The first-order chi connectivity index (χ1) is 13.9.